The quantitative estimate of drug-likeness (QED) is 0.530. The first-order valence-electron chi connectivity index (χ1n) is 9.09. The topological polar surface area (TPSA) is 80.9 Å². The zero-order valence-corrected chi connectivity index (χ0v) is 17.4. The fourth-order valence-electron chi connectivity index (χ4n) is 3.10. The lowest BCUT2D eigenvalue weighted by Crippen LogP contribution is -2.27. The second-order valence-corrected chi connectivity index (χ2v) is 7.76. The van der Waals surface area contributed by atoms with E-state index in [-0.39, 0.29) is 32.6 Å². The smallest absolute Gasteiger partial charge is 0.480 e. The van der Waals surface area contributed by atoms with Gasteiger partial charge in [-0.15, -0.1) is 13.2 Å². The van der Waals surface area contributed by atoms with Crippen molar-refractivity contribution in [1.82, 2.24) is 4.57 Å². The standard InChI is InChI=1S/C20H15F5N2O4S/c1-3-14(18(29)30)27-15-7-12(21)13(22)8-16(15)32-19(27)26-17(28)10-4-9(2)5-11(6-10)31-20(23,24)25/h4-8,14H,3H2,1-2H3,(H,29,30). The number of benzene rings is 2. The number of carboxylic acids is 1. The molecule has 32 heavy (non-hydrogen) atoms. The maximum Gasteiger partial charge on any atom is 0.573 e. The van der Waals surface area contributed by atoms with Crippen molar-refractivity contribution in [2.45, 2.75) is 32.7 Å². The highest BCUT2D eigenvalue weighted by atomic mass is 32.1. The molecule has 1 heterocycles. The van der Waals surface area contributed by atoms with Gasteiger partial charge in [-0.25, -0.2) is 13.6 Å². The average molecular weight is 474 g/mol. The number of rotatable bonds is 5. The van der Waals surface area contributed by atoms with Crippen LogP contribution in [0.2, 0.25) is 0 Å². The Labute approximate surface area is 181 Å². The number of halogens is 5. The van der Waals surface area contributed by atoms with E-state index >= 15 is 0 Å². The van der Waals surface area contributed by atoms with Crippen LogP contribution in [0.1, 0.15) is 35.3 Å². The van der Waals surface area contributed by atoms with Crippen molar-refractivity contribution >= 4 is 33.4 Å². The van der Waals surface area contributed by atoms with Crippen LogP contribution in [0.5, 0.6) is 5.75 Å². The van der Waals surface area contributed by atoms with E-state index in [0.29, 0.717) is 0 Å². The first-order chi connectivity index (χ1) is 14.9. The van der Waals surface area contributed by atoms with Crippen molar-refractivity contribution in [1.29, 1.82) is 0 Å². The van der Waals surface area contributed by atoms with Crippen molar-refractivity contribution in [3.63, 3.8) is 0 Å². The molecule has 1 N–H and O–H groups in total. The third-order valence-electron chi connectivity index (χ3n) is 4.38. The molecule has 1 unspecified atom stereocenters. The summed E-state index contributed by atoms with van der Waals surface area (Å²) in [5.41, 5.74) is 0.0599. The van der Waals surface area contributed by atoms with Crippen LogP contribution in [0.25, 0.3) is 10.2 Å². The predicted molar refractivity (Wildman–Crippen MR) is 104 cm³/mol. The summed E-state index contributed by atoms with van der Waals surface area (Å²) in [6.07, 6.45) is -4.93. The van der Waals surface area contributed by atoms with Crippen LogP contribution in [-0.4, -0.2) is 27.9 Å². The van der Waals surface area contributed by atoms with Crippen molar-refractivity contribution in [2.75, 3.05) is 0 Å². The van der Waals surface area contributed by atoms with Gasteiger partial charge in [0.25, 0.3) is 5.91 Å². The lowest BCUT2D eigenvalue weighted by atomic mass is 10.1. The van der Waals surface area contributed by atoms with Gasteiger partial charge < -0.3 is 14.4 Å². The number of aryl methyl sites for hydroxylation is 1. The predicted octanol–water partition coefficient (Wildman–Crippen LogP) is 4.96. The molecule has 0 aliphatic rings. The highest BCUT2D eigenvalue weighted by Gasteiger charge is 2.31. The number of carboxylic acid groups (broad SMARTS) is 1. The number of ether oxygens (including phenoxy) is 1. The van der Waals surface area contributed by atoms with Crippen molar-refractivity contribution in [2.24, 2.45) is 4.99 Å². The number of nitrogens with zero attached hydrogens (tertiary/aromatic N) is 2. The molecule has 0 spiro atoms. The van der Waals surface area contributed by atoms with Gasteiger partial charge in [0.05, 0.1) is 10.2 Å². The molecule has 2 aromatic carbocycles. The molecule has 12 heteroatoms. The van der Waals surface area contributed by atoms with Gasteiger partial charge >= 0.3 is 12.3 Å². The Morgan fingerprint density at radius 3 is 2.41 bits per heavy atom. The molecule has 0 fully saturated rings. The number of amides is 1. The number of hydrogen-bond acceptors (Lipinski definition) is 4. The van der Waals surface area contributed by atoms with Crippen LogP contribution in [0.3, 0.4) is 0 Å². The molecule has 1 atom stereocenters. The zero-order valence-electron chi connectivity index (χ0n) is 16.5. The molecule has 3 aromatic rings. The lowest BCUT2D eigenvalue weighted by molar-refractivity contribution is -0.274. The zero-order chi connectivity index (χ0) is 23.8. The summed E-state index contributed by atoms with van der Waals surface area (Å²) in [6.45, 7) is 2.99. The van der Waals surface area contributed by atoms with E-state index in [2.05, 4.69) is 9.73 Å². The van der Waals surface area contributed by atoms with Crippen LogP contribution in [0.4, 0.5) is 22.0 Å². The highest BCUT2D eigenvalue weighted by molar-refractivity contribution is 7.16. The number of carbonyl (C=O) groups excluding carboxylic acids is 1. The van der Waals surface area contributed by atoms with Gasteiger partial charge in [0, 0.05) is 11.6 Å². The van der Waals surface area contributed by atoms with E-state index in [9.17, 15) is 36.6 Å². The fraction of sp³-hybridized carbons (Fsp3) is 0.250. The Kier molecular flexibility index (Phi) is 6.35. The molecule has 0 radical (unpaired) electrons. The molecule has 0 aliphatic heterocycles. The second-order valence-electron chi connectivity index (χ2n) is 6.75. The molecule has 0 saturated heterocycles. The fourth-order valence-corrected chi connectivity index (χ4v) is 4.17. The van der Waals surface area contributed by atoms with Gasteiger partial charge in [0.15, 0.2) is 16.4 Å². The van der Waals surface area contributed by atoms with Crippen molar-refractivity contribution in [3.05, 3.63) is 57.9 Å². The number of aliphatic carboxylic acids is 1. The maximum atomic E-state index is 13.8. The summed E-state index contributed by atoms with van der Waals surface area (Å²) in [5.74, 6) is -5.28. The minimum atomic E-state index is -4.97. The SMILES string of the molecule is CCC(C(=O)O)n1c(=NC(=O)c2cc(C)cc(OC(F)(F)F)c2)sc2cc(F)c(F)cc21. The summed E-state index contributed by atoms with van der Waals surface area (Å²) in [5, 5.41) is 9.55. The highest BCUT2D eigenvalue weighted by Crippen LogP contribution is 2.27. The van der Waals surface area contributed by atoms with Crippen LogP contribution >= 0.6 is 11.3 Å². The summed E-state index contributed by atoms with van der Waals surface area (Å²) in [4.78, 5) is 28.1. The Morgan fingerprint density at radius 2 is 1.81 bits per heavy atom. The van der Waals surface area contributed by atoms with Crippen LogP contribution in [0, 0.1) is 18.6 Å². The Balaban J connectivity index is 2.20. The molecule has 170 valence electrons. The largest absolute Gasteiger partial charge is 0.573 e. The van der Waals surface area contributed by atoms with Gasteiger partial charge in [-0.3, -0.25) is 4.79 Å². The number of carbonyl (C=O) groups is 2. The van der Waals surface area contributed by atoms with Crippen molar-refractivity contribution in [3.8, 4) is 5.75 Å². The summed E-state index contributed by atoms with van der Waals surface area (Å²) in [7, 11) is 0. The van der Waals surface area contributed by atoms with Crippen LogP contribution in [-0.2, 0) is 4.79 Å². The third-order valence-corrected chi connectivity index (χ3v) is 5.40. The van der Waals surface area contributed by atoms with Crippen molar-refractivity contribution < 1.29 is 41.4 Å². The number of aromatic nitrogens is 1. The first-order valence-corrected chi connectivity index (χ1v) is 9.90. The molecule has 0 bridgehead atoms. The number of fused-ring (bicyclic) bond motifs is 1. The van der Waals surface area contributed by atoms with Crippen LogP contribution < -0.4 is 9.54 Å². The Hall–Kier alpha value is -3.28. The monoisotopic (exact) mass is 474 g/mol. The Morgan fingerprint density at radius 1 is 1.16 bits per heavy atom. The van der Waals surface area contributed by atoms with Crippen LogP contribution in [0.15, 0.2) is 35.3 Å². The van der Waals surface area contributed by atoms with E-state index in [1.54, 1.807) is 6.92 Å². The molecule has 1 aromatic heterocycles. The molecular formula is C20H15F5N2O4S. The van der Waals surface area contributed by atoms with Gasteiger partial charge in [-0.05, 0) is 43.2 Å². The Bertz CT molecular complexity index is 1280. The normalized spacial score (nSPS) is 13.4. The molecule has 1 amide bonds. The van der Waals surface area contributed by atoms with E-state index in [4.69, 9.17) is 0 Å². The molecule has 0 aliphatic carbocycles. The van der Waals surface area contributed by atoms with Gasteiger partial charge in [-0.2, -0.15) is 4.99 Å². The summed E-state index contributed by atoms with van der Waals surface area (Å²) in [6, 6.07) is 3.61. The summed E-state index contributed by atoms with van der Waals surface area (Å²) >= 11 is 0.743. The molecule has 0 saturated carbocycles. The first kappa shape index (κ1) is 23.4. The lowest BCUT2D eigenvalue weighted by Gasteiger charge is -2.13. The average Bonchev–Trinajstić information content (AvgIpc) is 2.97. The number of alkyl halides is 3. The van der Waals surface area contributed by atoms with E-state index in [1.807, 2.05) is 0 Å². The second kappa shape index (κ2) is 8.69. The van der Waals surface area contributed by atoms with Gasteiger partial charge in [0.2, 0.25) is 0 Å². The maximum absolute atomic E-state index is 13.8. The molecular weight excluding hydrogens is 459 g/mol. The number of thiazole rings is 1. The van der Waals surface area contributed by atoms with E-state index in [0.717, 1.165) is 40.2 Å². The van der Waals surface area contributed by atoms with Gasteiger partial charge in [0.1, 0.15) is 11.8 Å². The third kappa shape index (κ3) is 4.96. The summed E-state index contributed by atoms with van der Waals surface area (Å²) < 4.78 is 70.2. The molecule has 3 rings (SSSR count). The van der Waals surface area contributed by atoms with E-state index in [1.165, 1.54) is 13.0 Å². The van der Waals surface area contributed by atoms with E-state index < -0.39 is 41.7 Å². The molecule has 6 nitrogen and oxygen atoms in total. The number of hydrogen-bond donors (Lipinski definition) is 1. The minimum Gasteiger partial charge on any atom is -0.480 e. The minimum absolute atomic E-state index is 0.0139. The van der Waals surface area contributed by atoms with Gasteiger partial charge in [-0.1, -0.05) is 18.3 Å².